The fourth-order valence-electron chi connectivity index (χ4n) is 3.96. The van der Waals surface area contributed by atoms with E-state index >= 15 is 0 Å². The molecule has 0 saturated carbocycles. The average molecular weight is 392 g/mol. The molecule has 1 aromatic heterocycles. The van der Waals surface area contributed by atoms with E-state index in [1.54, 1.807) is 0 Å². The fourth-order valence-corrected chi connectivity index (χ4v) is 7.06. The van der Waals surface area contributed by atoms with Gasteiger partial charge in [-0.05, 0) is 28.5 Å². The minimum absolute atomic E-state index is 1.02. The van der Waals surface area contributed by atoms with Crippen molar-refractivity contribution >= 4 is 24.0 Å². The number of hydrogen-bond acceptors (Lipinski definition) is 1. The molecule has 0 aliphatic rings. The molecule has 2 heteroatoms. The Bertz CT molecular complexity index is 1040. The molecule has 29 heavy (non-hydrogen) atoms. The number of nitrogens with zero attached hydrogens (tertiary/aromatic N) is 1. The van der Waals surface area contributed by atoms with Gasteiger partial charge in [0.25, 0.3) is 0 Å². The van der Waals surface area contributed by atoms with E-state index in [4.69, 9.17) is 4.98 Å². The molecule has 0 spiro atoms. The lowest BCUT2D eigenvalue weighted by atomic mass is 9.99. The van der Waals surface area contributed by atoms with E-state index < -0.39 is 8.07 Å². The summed E-state index contributed by atoms with van der Waals surface area (Å²) >= 11 is 0. The highest BCUT2D eigenvalue weighted by Gasteiger charge is 2.33. The molecule has 0 amide bonds. The third-order valence-corrected chi connectivity index (χ3v) is 8.98. The second-order valence-electron chi connectivity index (χ2n) is 7.69. The molecule has 0 N–H and O–H groups in total. The van der Waals surface area contributed by atoms with Gasteiger partial charge in [0.05, 0.1) is 5.69 Å². The van der Waals surface area contributed by atoms with E-state index in [0.717, 1.165) is 5.69 Å². The van der Waals surface area contributed by atoms with Gasteiger partial charge < -0.3 is 0 Å². The molecule has 4 rings (SSSR count). The smallest absolute Gasteiger partial charge is 0.113 e. The minimum Gasteiger partial charge on any atom is -0.256 e. The first kappa shape index (κ1) is 19.1. The molecule has 0 radical (unpaired) electrons. The van der Waals surface area contributed by atoms with E-state index in [1.807, 2.05) is 12.3 Å². The summed E-state index contributed by atoms with van der Waals surface area (Å²) in [4.78, 5) is 4.77. The van der Waals surface area contributed by atoms with Crippen molar-refractivity contribution in [1.82, 2.24) is 4.98 Å². The van der Waals surface area contributed by atoms with Gasteiger partial charge in [0, 0.05) is 11.8 Å². The summed E-state index contributed by atoms with van der Waals surface area (Å²) in [6.07, 6.45) is 1.89. The zero-order chi connectivity index (χ0) is 20.1. The molecular weight excluding hydrogens is 366 g/mol. The van der Waals surface area contributed by atoms with Gasteiger partial charge in [-0.25, -0.2) is 0 Å². The van der Waals surface area contributed by atoms with Gasteiger partial charge in [-0.15, -0.1) is 0 Å². The summed E-state index contributed by atoms with van der Waals surface area (Å²) in [5.74, 6) is 0. The highest BCUT2D eigenvalue weighted by molar-refractivity contribution is 7.05. The van der Waals surface area contributed by atoms with Crippen molar-refractivity contribution in [2.45, 2.75) is 13.1 Å². The van der Waals surface area contributed by atoms with Crippen molar-refractivity contribution in [1.29, 1.82) is 0 Å². The molecule has 0 aliphatic carbocycles. The molecular formula is C27H25NSi. The third kappa shape index (κ3) is 3.98. The molecule has 0 atom stereocenters. The van der Waals surface area contributed by atoms with Crippen LogP contribution in [0.5, 0.6) is 0 Å². The lowest BCUT2D eigenvalue weighted by molar-refractivity contribution is 1.27. The van der Waals surface area contributed by atoms with Gasteiger partial charge in [-0.1, -0.05) is 115 Å². The maximum Gasteiger partial charge on any atom is 0.113 e. The molecule has 0 aliphatic heterocycles. The third-order valence-electron chi connectivity index (χ3n) is 5.42. The zero-order valence-electron chi connectivity index (χ0n) is 16.9. The lowest BCUT2D eigenvalue weighted by Gasteiger charge is -2.30. The maximum absolute atomic E-state index is 4.77. The Morgan fingerprint density at radius 2 is 1.10 bits per heavy atom. The first-order valence-electron chi connectivity index (χ1n) is 10.0. The first-order chi connectivity index (χ1) is 14.2. The second kappa shape index (κ2) is 8.42. The summed E-state index contributed by atoms with van der Waals surface area (Å²) in [5, 5.41) is 2.83. The van der Waals surface area contributed by atoms with Crippen molar-refractivity contribution in [3.8, 4) is 0 Å². The topological polar surface area (TPSA) is 12.9 Å². The van der Waals surface area contributed by atoms with Gasteiger partial charge in [0.1, 0.15) is 8.07 Å². The van der Waals surface area contributed by atoms with Crippen LogP contribution in [0.25, 0.3) is 10.8 Å². The Labute approximate surface area is 174 Å². The number of benzene rings is 3. The summed E-state index contributed by atoms with van der Waals surface area (Å²) in [7, 11) is -2.04. The Kier molecular flexibility index (Phi) is 5.54. The van der Waals surface area contributed by atoms with E-state index in [-0.39, 0.29) is 0 Å². The van der Waals surface area contributed by atoms with Gasteiger partial charge in [-0.2, -0.15) is 0 Å². The number of pyridine rings is 1. The summed E-state index contributed by atoms with van der Waals surface area (Å²) in [5.41, 5.74) is 4.74. The highest BCUT2D eigenvalue weighted by atomic mass is 28.3. The molecule has 4 aromatic rings. The van der Waals surface area contributed by atoms with Gasteiger partial charge in [0.15, 0.2) is 0 Å². The molecule has 0 saturated heterocycles. The van der Waals surface area contributed by atoms with Crippen LogP contribution in [0.1, 0.15) is 16.8 Å². The molecule has 0 fully saturated rings. The number of aromatic nitrogens is 1. The van der Waals surface area contributed by atoms with Gasteiger partial charge in [0.2, 0.25) is 0 Å². The van der Waals surface area contributed by atoms with Crippen LogP contribution in [0.2, 0.25) is 13.1 Å². The molecule has 142 valence electrons. The van der Waals surface area contributed by atoms with Crippen molar-refractivity contribution < 1.29 is 0 Å². The van der Waals surface area contributed by atoms with Crippen LogP contribution in [-0.4, -0.2) is 13.1 Å². The van der Waals surface area contributed by atoms with Crippen molar-refractivity contribution in [3.63, 3.8) is 0 Å². The normalized spacial score (nSPS) is 12.3. The fraction of sp³-hybridized carbons (Fsp3) is 0.0741. The van der Waals surface area contributed by atoms with Crippen LogP contribution < -0.4 is 5.19 Å². The van der Waals surface area contributed by atoms with Crippen LogP contribution in [0, 0.1) is 0 Å². The molecule has 1 heterocycles. The van der Waals surface area contributed by atoms with E-state index in [2.05, 4.69) is 116 Å². The minimum atomic E-state index is -2.04. The lowest BCUT2D eigenvalue weighted by Crippen LogP contribution is -2.43. The quantitative estimate of drug-likeness (QED) is 0.292. The predicted molar refractivity (Wildman–Crippen MR) is 127 cm³/mol. The number of rotatable bonds is 5. The van der Waals surface area contributed by atoms with Crippen LogP contribution in [-0.2, 0) is 0 Å². The summed E-state index contributed by atoms with van der Waals surface area (Å²) < 4.78 is 0. The standard InChI is InChI=1S/C27H25NSi/c1-29(2,24-18-10-5-11-19-24)27(23-16-8-4-9-17-23)26(22-14-6-3-7-15-22)25-20-12-13-21-28-25/h3-21H,1-2H3/b27-26-. The maximum atomic E-state index is 4.77. The average Bonchev–Trinajstić information content (AvgIpc) is 2.79. The van der Waals surface area contributed by atoms with E-state index in [9.17, 15) is 0 Å². The summed E-state index contributed by atoms with van der Waals surface area (Å²) in [6, 6.07) is 38.6. The van der Waals surface area contributed by atoms with Crippen LogP contribution >= 0.6 is 0 Å². The SMILES string of the molecule is C[Si](C)(/C(=C(/c1ccccc1)c1ccccn1)c1ccccc1)c1ccccc1. The highest BCUT2D eigenvalue weighted by Crippen LogP contribution is 2.37. The Balaban J connectivity index is 2.10. The molecule has 0 bridgehead atoms. The van der Waals surface area contributed by atoms with Gasteiger partial charge >= 0.3 is 0 Å². The zero-order valence-corrected chi connectivity index (χ0v) is 17.9. The van der Waals surface area contributed by atoms with Gasteiger partial charge in [-0.3, -0.25) is 4.98 Å². The van der Waals surface area contributed by atoms with Crippen LogP contribution in [0.3, 0.4) is 0 Å². The number of hydrogen-bond donors (Lipinski definition) is 0. The second-order valence-corrected chi connectivity index (χ2v) is 12.0. The predicted octanol–water partition coefficient (Wildman–Crippen LogP) is 6.20. The van der Waals surface area contributed by atoms with Crippen molar-refractivity contribution in [3.05, 3.63) is 132 Å². The van der Waals surface area contributed by atoms with Crippen LogP contribution in [0.4, 0.5) is 0 Å². The van der Waals surface area contributed by atoms with E-state index in [0.29, 0.717) is 0 Å². The summed E-state index contributed by atoms with van der Waals surface area (Å²) in [6.45, 7) is 4.88. The van der Waals surface area contributed by atoms with E-state index in [1.165, 1.54) is 27.1 Å². The molecule has 0 unspecified atom stereocenters. The first-order valence-corrected chi connectivity index (χ1v) is 13.0. The Morgan fingerprint density at radius 1 is 0.586 bits per heavy atom. The largest absolute Gasteiger partial charge is 0.256 e. The monoisotopic (exact) mass is 391 g/mol. The molecule has 3 aromatic carbocycles. The molecule has 1 nitrogen and oxygen atoms in total. The Morgan fingerprint density at radius 3 is 1.66 bits per heavy atom. The Hall–Kier alpha value is -3.23. The van der Waals surface area contributed by atoms with Crippen molar-refractivity contribution in [2.75, 3.05) is 0 Å². The van der Waals surface area contributed by atoms with Crippen LogP contribution in [0.15, 0.2) is 115 Å². The van der Waals surface area contributed by atoms with Crippen molar-refractivity contribution in [2.24, 2.45) is 0 Å².